The van der Waals surface area contributed by atoms with Crippen LogP contribution in [0.3, 0.4) is 0 Å². The van der Waals surface area contributed by atoms with E-state index < -0.39 is 0 Å². The molecule has 1 amide bonds. The third-order valence-corrected chi connectivity index (χ3v) is 5.56. The predicted octanol–water partition coefficient (Wildman–Crippen LogP) is 2.41. The lowest BCUT2D eigenvalue weighted by Gasteiger charge is -2.57. The molecule has 5 heteroatoms. The molecule has 0 aromatic carbocycles. The highest BCUT2D eigenvalue weighted by Gasteiger charge is 2.55. The molecule has 0 aliphatic heterocycles. The molecule has 0 aromatic rings. The summed E-state index contributed by atoms with van der Waals surface area (Å²) in [5.74, 6) is 1.84. The molecule has 4 nitrogen and oxygen atoms in total. The second-order valence-corrected chi connectivity index (χ2v) is 7.40. The van der Waals surface area contributed by atoms with E-state index >= 15 is 0 Å². The van der Waals surface area contributed by atoms with Gasteiger partial charge in [0.15, 0.2) is 0 Å². The van der Waals surface area contributed by atoms with E-state index in [1.807, 2.05) is 0 Å². The van der Waals surface area contributed by atoms with Gasteiger partial charge < -0.3 is 15.8 Å². The van der Waals surface area contributed by atoms with E-state index in [2.05, 4.69) is 5.32 Å². The monoisotopic (exact) mass is 298 g/mol. The number of rotatable bonds is 4. The second-order valence-electron chi connectivity index (χ2n) is 6.60. The van der Waals surface area contributed by atoms with Crippen LogP contribution in [0.5, 0.6) is 0 Å². The number of carbonyl (C=O) groups is 1. The van der Waals surface area contributed by atoms with Crippen LogP contribution < -0.4 is 11.1 Å². The number of hydrogen-bond donors (Lipinski definition) is 2. The maximum Gasteiger partial charge on any atom is 0.407 e. The van der Waals surface area contributed by atoms with Crippen molar-refractivity contribution in [2.45, 2.75) is 43.0 Å². The molecular weight excluding hydrogens is 276 g/mol. The molecule has 4 saturated carbocycles. The molecule has 2 atom stereocenters. The number of nitrogens with two attached hydrogens (primary N) is 1. The normalized spacial score (nSPS) is 42.1. The van der Waals surface area contributed by atoms with Crippen LogP contribution in [0.2, 0.25) is 0 Å². The number of ether oxygens (including phenoxy) is 1. The Morgan fingerprint density at radius 1 is 1.30 bits per heavy atom. The third kappa shape index (κ3) is 2.82. The lowest BCUT2D eigenvalue weighted by atomic mass is 9.54. The van der Waals surface area contributed by atoms with E-state index in [0.717, 1.165) is 18.8 Å². The number of nitrogens with one attached hydrogen (secondary N) is 1. The van der Waals surface area contributed by atoms with Crippen LogP contribution in [0.25, 0.3) is 0 Å². The summed E-state index contributed by atoms with van der Waals surface area (Å²) in [4.78, 5) is 11.9. The van der Waals surface area contributed by atoms with Crippen LogP contribution in [0, 0.1) is 17.8 Å². The Morgan fingerprint density at radius 2 is 2.00 bits per heavy atom. The van der Waals surface area contributed by atoms with Gasteiger partial charge in [-0.1, -0.05) is 6.08 Å². The minimum absolute atomic E-state index is 0.0163. The quantitative estimate of drug-likeness (QED) is 0.619. The van der Waals surface area contributed by atoms with E-state index in [-0.39, 0.29) is 23.6 Å². The molecule has 0 spiro atoms. The molecule has 4 fully saturated rings. The van der Waals surface area contributed by atoms with Gasteiger partial charge in [0, 0.05) is 17.5 Å². The fourth-order valence-electron chi connectivity index (χ4n) is 4.63. The van der Waals surface area contributed by atoms with Gasteiger partial charge in [-0.2, -0.15) is 0 Å². The average molecular weight is 299 g/mol. The number of carbonyl (C=O) groups excluding carboxylic acids is 1. The number of alkyl carbamates (subject to hydrolysis) is 1. The first-order valence-corrected chi connectivity index (χ1v) is 7.95. The topological polar surface area (TPSA) is 64.3 Å². The largest absolute Gasteiger partial charge is 0.445 e. The van der Waals surface area contributed by atoms with Gasteiger partial charge in [0.25, 0.3) is 0 Å². The Morgan fingerprint density at radius 3 is 2.60 bits per heavy atom. The Bertz CT molecular complexity index is 397. The van der Waals surface area contributed by atoms with Gasteiger partial charge in [-0.25, -0.2) is 4.79 Å². The third-order valence-electron chi connectivity index (χ3n) is 5.10. The molecule has 20 heavy (non-hydrogen) atoms. The van der Waals surface area contributed by atoms with Crippen LogP contribution in [0.1, 0.15) is 32.1 Å². The van der Waals surface area contributed by atoms with E-state index in [4.69, 9.17) is 22.1 Å². The molecule has 3 N–H and O–H groups in total. The average Bonchev–Trinajstić information content (AvgIpc) is 2.37. The van der Waals surface area contributed by atoms with Crippen molar-refractivity contribution in [3.05, 3.63) is 12.2 Å². The standard InChI is InChI=1S/C15H23ClN2O2/c16-15-7-10-5-11(8-15)13(12(6-10)9-15)18-14(19)20-4-2-1-3-17/h1-2,10-13H,3-9,17H2,(H,18,19)/b2-1+. The van der Waals surface area contributed by atoms with Crippen molar-refractivity contribution in [3.8, 4) is 0 Å². The Kier molecular flexibility index (Phi) is 3.95. The summed E-state index contributed by atoms with van der Waals surface area (Å²) in [6.07, 6.45) is 8.92. The minimum Gasteiger partial charge on any atom is -0.445 e. The SMILES string of the molecule is NC/C=C/COC(=O)NC1C2CC3CC1CC(Cl)(C3)C2. The maximum atomic E-state index is 11.8. The van der Waals surface area contributed by atoms with Crippen molar-refractivity contribution in [2.24, 2.45) is 23.5 Å². The van der Waals surface area contributed by atoms with Crippen molar-refractivity contribution < 1.29 is 9.53 Å². The van der Waals surface area contributed by atoms with E-state index in [1.165, 1.54) is 19.3 Å². The smallest absolute Gasteiger partial charge is 0.407 e. The Labute approximate surface area is 125 Å². The number of hydrogen-bond acceptors (Lipinski definition) is 3. The summed E-state index contributed by atoms with van der Waals surface area (Å²) in [7, 11) is 0. The van der Waals surface area contributed by atoms with Crippen molar-refractivity contribution in [1.29, 1.82) is 0 Å². The molecule has 112 valence electrons. The van der Waals surface area contributed by atoms with Gasteiger partial charge in [-0.3, -0.25) is 0 Å². The van der Waals surface area contributed by atoms with Crippen LogP contribution in [0.15, 0.2) is 12.2 Å². The van der Waals surface area contributed by atoms with Crippen LogP contribution in [-0.4, -0.2) is 30.2 Å². The molecule has 4 rings (SSSR count). The van der Waals surface area contributed by atoms with Crippen LogP contribution in [-0.2, 0) is 4.74 Å². The zero-order chi connectivity index (χ0) is 14.2. The summed E-state index contributed by atoms with van der Waals surface area (Å²) in [5.41, 5.74) is 5.33. The molecular formula is C15H23ClN2O2. The van der Waals surface area contributed by atoms with E-state index in [1.54, 1.807) is 12.2 Å². The van der Waals surface area contributed by atoms with Gasteiger partial charge in [0.05, 0.1) is 0 Å². The molecule has 0 radical (unpaired) electrons. The van der Waals surface area contributed by atoms with Crippen molar-refractivity contribution in [2.75, 3.05) is 13.2 Å². The first kappa shape index (κ1) is 14.2. The lowest BCUT2D eigenvalue weighted by molar-refractivity contribution is -0.000491. The first-order valence-electron chi connectivity index (χ1n) is 7.57. The summed E-state index contributed by atoms with van der Waals surface area (Å²) in [5, 5.41) is 3.07. The van der Waals surface area contributed by atoms with Crippen LogP contribution >= 0.6 is 11.6 Å². The summed E-state index contributed by atoms with van der Waals surface area (Å²) in [6.45, 7) is 0.754. The Balaban J connectivity index is 1.54. The van der Waals surface area contributed by atoms with Crippen molar-refractivity contribution in [1.82, 2.24) is 5.32 Å². The van der Waals surface area contributed by atoms with Crippen molar-refractivity contribution >= 4 is 17.7 Å². The van der Waals surface area contributed by atoms with Gasteiger partial charge in [-0.15, -0.1) is 11.6 Å². The number of halogens is 1. The highest BCUT2D eigenvalue weighted by molar-refractivity contribution is 6.24. The second kappa shape index (κ2) is 5.57. The summed E-state index contributed by atoms with van der Waals surface area (Å²) in [6, 6.07) is 0.254. The number of alkyl halides is 1. The summed E-state index contributed by atoms with van der Waals surface area (Å²) >= 11 is 6.69. The molecule has 4 bridgehead atoms. The highest BCUT2D eigenvalue weighted by atomic mass is 35.5. The predicted molar refractivity (Wildman–Crippen MR) is 78.6 cm³/mol. The van der Waals surface area contributed by atoms with E-state index in [0.29, 0.717) is 18.4 Å². The fourth-order valence-corrected chi connectivity index (χ4v) is 5.24. The van der Waals surface area contributed by atoms with Gasteiger partial charge in [0.1, 0.15) is 6.61 Å². The van der Waals surface area contributed by atoms with Gasteiger partial charge in [-0.05, 0) is 55.9 Å². The molecule has 4 aliphatic rings. The molecule has 0 heterocycles. The highest BCUT2D eigenvalue weighted by Crippen LogP contribution is 2.58. The summed E-state index contributed by atoms with van der Waals surface area (Å²) < 4.78 is 5.15. The van der Waals surface area contributed by atoms with Gasteiger partial charge in [0.2, 0.25) is 0 Å². The van der Waals surface area contributed by atoms with E-state index in [9.17, 15) is 4.79 Å². The first-order chi connectivity index (χ1) is 9.59. The minimum atomic E-state index is -0.312. The maximum absolute atomic E-state index is 11.8. The van der Waals surface area contributed by atoms with Crippen molar-refractivity contribution in [3.63, 3.8) is 0 Å². The fraction of sp³-hybridized carbons (Fsp3) is 0.800. The Hall–Kier alpha value is -0.740. The van der Waals surface area contributed by atoms with Gasteiger partial charge >= 0.3 is 6.09 Å². The zero-order valence-electron chi connectivity index (χ0n) is 11.7. The number of amides is 1. The lowest BCUT2D eigenvalue weighted by Crippen LogP contribution is -2.60. The molecule has 4 aliphatic carbocycles. The molecule has 0 saturated heterocycles. The molecule has 2 unspecified atom stereocenters. The zero-order valence-corrected chi connectivity index (χ0v) is 12.4. The van der Waals surface area contributed by atoms with Crippen LogP contribution in [0.4, 0.5) is 4.79 Å². The molecule has 0 aromatic heterocycles.